The molecule has 1 atom stereocenters. The van der Waals surface area contributed by atoms with Crippen LogP contribution < -0.4 is 9.47 Å². The predicted octanol–water partition coefficient (Wildman–Crippen LogP) is 2.06. The van der Waals surface area contributed by atoms with E-state index >= 15 is 0 Å². The highest BCUT2D eigenvalue weighted by molar-refractivity contribution is 5.72. The second kappa shape index (κ2) is 6.28. The van der Waals surface area contributed by atoms with Crippen LogP contribution >= 0.6 is 0 Å². The van der Waals surface area contributed by atoms with Crippen LogP contribution in [0.2, 0.25) is 0 Å². The lowest BCUT2D eigenvalue weighted by Crippen LogP contribution is -2.31. The third-order valence-corrected chi connectivity index (χ3v) is 1.93. The normalized spacial score (nSPS) is 12.8. The molecule has 0 aliphatic carbocycles. The van der Waals surface area contributed by atoms with Gasteiger partial charge in [-0.2, -0.15) is 0 Å². The number of alkyl halides is 3. The minimum atomic E-state index is -4.78. The fourth-order valence-electron chi connectivity index (χ4n) is 1.19. The van der Waals surface area contributed by atoms with Gasteiger partial charge < -0.3 is 19.3 Å². The van der Waals surface area contributed by atoms with Crippen molar-refractivity contribution in [3.05, 3.63) is 24.3 Å². The van der Waals surface area contributed by atoms with Crippen LogP contribution in [-0.2, 0) is 9.53 Å². The Bertz CT molecular complexity index is 415. The van der Waals surface area contributed by atoms with E-state index in [0.717, 1.165) is 12.1 Å². The highest BCUT2D eigenvalue weighted by Crippen LogP contribution is 2.25. The first-order valence-corrected chi connectivity index (χ1v) is 5.06. The van der Waals surface area contributed by atoms with Crippen LogP contribution in [-0.4, -0.2) is 37.3 Å². The quantitative estimate of drug-likeness (QED) is 0.864. The molecule has 0 fully saturated rings. The Morgan fingerprint density at radius 2 is 1.79 bits per heavy atom. The van der Waals surface area contributed by atoms with Crippen molar-refractivity contribution in [1.29, 1.82) is 0 Å². The van der Waals surface area contributed by atoms with Crippen LogP contribution in [0, 0.1) is 0 Å². The zero-order chi connectivity index (χ0) is 14.5. The molecule has 0 saturated carbocycles. The number of hydrogen-bond acceptors (Lipinski definition) is 4. The third-order valence-electron chi connectivity index (χ3n) is 1.93. The molecule has 0 spiro atoms. The van der Waals surface area contributed by atoms with Crippen LogP contribution in [0.25, 0.3) is 0 Å². The molecular formula is C11H11F3O5. The molecule has 0 bridgehead atoms. The minimum absolute atomic E-state index is 0.0963. The number of methoxy groups -OCH3 is 1. The summed E-state index contributed by atoms with van der Waals surface area (Å²) in [5.41, 5.74) is 0. The van der Waals surface area contributed by atoms with Gasteiger partial charge in [0, 0.05) is 7.11 Å². The number of benzene rings is 1. The van der Waals surface area contributed by atoms with E-state index in [2.05, 4.69) is 9.47 Å². The molecule has 0 aliphatic rings. The zero-order valence-corrected chi connectivity index (χ0v) is 9.81. The summed E-state index contributed by atoms with van der Waals surface area (Å²) in [5, 5.41) is 8.79. The molecule has 0 amide bonds. The summed E-state index contributed by atoms with van der Waals surface area (Å²) in [5.74, 6) is -1.56. The van der Waals surface area contributed by atoms with Gasteiger partial charge in [0.15, 0.2) is 0 Å². The van der Waals surface area contributed by atoms with E-state index in [4.69, 9.17) is 9.84 Å². The largest absolute Gasteiger partial charge is 0.573 e. The number of rotatable bonds is 6. The Balaban J connectivity index is 2.68. The van der Waals surface area contributed by atoms with Gasteiger partial charge in [-0.25, -0.2) is 4.79 Å². The Kier molecular flexibility index (Phi) is 4.99. The highest BCUT2D eigenvalue weighted by Gasteiger charge is 2.31. The second-order valence-corrected chi connectivity index (χ2v) is 3.42. The van der Waals surface area contributed by atoms with Gasteiger partial charge in [0.2, 0.25) is 6.10 Å². The smallest absolute Gasteiger partial charge is 0.478 e. The molecule has 1 rings (SSSR count). The van der Waals surface area contributed by atoms with Crippen molar-refractivity contribution in [2.75, 3.05) is 13.7 Å². The highest BCUT2D eigenvalue weighted by atomic mass is 19.4. The van der Waals surface area contributed by atoms with Gasteiger partial charge >= 0.3 is 12.3 Å². The first kappa shape index (κ1) is 15.1. The SMILES string of the molecule is COCC(Oc1ccc(OC(F)(F)F)cc1)C(=O)O. The van der Waals surface area contributed by atoms with E-state index in [0.29, 0.717) is 0 Å². The van der Waals surface area contributed by atoms with Gasteiger partial charge in [-0.05, 0) is 24.3 Å². The van der Waals surface area contributed by atoms with Crippen LogP contribution in [0.15, 0.2) is 24.3 Å². The van der Waals surface area contributed by atoms with Gasteiger partial charge in [-0.1, -0.05) is 0 Å². The average molecular weight is 280 g/mol. The standard InChI is InChI=1S/C11H11F3O5/c1-17-6-9(10(15)16)18-7-2-4-8(5-3-7)19-11(12,13)14/h2-5,9H,6H2,1H3,(H,15,16). The molecular weight excluding hydrogens is 269 g/mol. The lowest BCUT2D eigenvalue weighted by molar-refractivity contribution is -0.274. The van der Waals surface area contributed by atoms with Gasteiger partial charge in [0.05, 0.1) is 6.61 Å². The predicted molar refractivity (Wildman–Crippen MR) is 57.1 cm³/mol. The van der Waals surface area contributed by atoms with E-state index in [1.54, 1.807) is 0 Å². The van der Waals surface area contributed by atoms with Crippen molar-refractivity contribution in [1.82, 2.24) is 0 Å². The van der Waals surface area contributed by atoms with E-state index in [1.165, 1.54) is 19.2 Å². The molecule has 8 heteroatoms. The summed E-state index contributed by atoms with van der Waals surface area (Å²) in [6, 6.07) is 4.39. The number of halogens is 3. The van der Waals surface area contributed by atoms with Gasteiger partial charge in [-0.3, -0.25) is 0 Å². The third kappa shape index (κ3) is 5.47. The molecule has 0 radical (unpaired) electrons. The maximum absolute atomic E-state index is 11.9. The zero-order valence-electron chi connectivity index (χ0n) is 9.81. The topological polar surface area (TPSA) is 65.0 Å². The minimum Gasteiger partial charge on any atom is -0.478 e. The Morgan fingerprint density at radius 1 is 1.26 bits per heavy atom. The number of ether oxygens (including phenoxy) is 3. The Morgan fingerprint density at radius 3 is 2.21 bits per heavy atom. The molecule has 0 aliphatic heterocycles. The van der Waals surface area contributed by atoms with E-state index in [1.807, 2.05) is 0 Å². The number of carbonyl (C=O) groups is 1. The van der Waals surface area contributed by atoms with Crippen molar-refractivity contribution in [2.24, 2.45) is 0 Å². The van der Waals surface area contributed by atoms with Crippen LogP contribution in [0.1, 0.15) is 0 Å². The fourth-order valence-corrected chi connectivity index (χ4v) is 1.19. The number of carboxylic acids is 1. The maximum atomic E-state index is 11.9. The van der Waals surface area contributed by atoms with Crippen molar-refractivity contribution in [2.45, 2.75) is 12.5 Å². The number of carboxylic acid groups (broad SMARTS) is 1. The van der Waals surface area contributed by atoms with E-state index < -0.39 is 24.2 Å². The molecule has 0 saturated heterocycles. The van der Waals surface area contributed by atoms with Crippen molar-refractivity contribution in [3.63, 3.8) is 0 Å². The van der Waals surface area contributed by atoms with Gasteiger partial charge in [0.1, 0.15) is 11.5 Å². The van der Waals surface area contributed by atoms with E-state index in [9.17, 15) is 18.0 Å². The maximum Gasteiger partial charge on any atom is 0.573 e. The summed E-state index contributed by atoms with van der Waals surface area (Å²) < 4.78 is 49.1. The second-order valence-electron chi connectivity index (χ2n) is 3.42. The monoisotopic (exact) mass is 280 g/mol. The summed E-state index contributed by atoms with van der Waals surface area (Å²) >= 11 is 0. The molecule has 1 aromatic rings. The number of aliphatic carboxylic acids is 1. The van der Waals surface area contributed by atoms with Crippen molar-refractivity contribution >= 4 is 5.97 Å². The molecule has 106 valence electrons. The van der Waals surface area contributed by atoms with E-state index in [-0.39, 0.29) is 12.4 Å². The van der Waals surface area contributed by atoms with Gasteiger partial charge in [0.25, 0.3) is 0 Å². The van der Waals surface area contributed by atoms with Gasteiger partial charge in [-0.15, -0.1) is 13.2 Å². The van der Waals surface area contributed by atoms with Crippen molar-refractivity contribution < 1.29 is 37.3 Å². The molecule has 1 N–H and O–H groups in total. The fraction of sp³-hybridized carbons (Fsp3) is 0.364. The van der Waals surface area contributed by atoms with Crippen molar-refractivity contribution in [3.8, 4) is 11.5 Å². The molecule has 5 nitrogen and oxygen atoms in total. The molecule has 19 heavy (non-hydrogen) atoms. The first-order chi connectivity index (χ1) is 8.81. The molecule has 1 unspecified atom stereocenters. The summed E-state index contributed by atoms with van der Waals surface area (Å²) in [4.78, 5) is 10.8. The lowest BCUT2D eigenvalue weighted by Gasteiger charge is -2.14. The van der Waals surface area contributed by atoms with Crippen LogP contribution in [0.5, 0.6) is 11.5 Å². The van der Waals surface area contributed by atoms with Crippen LogP contribution in [0.4, 0.5) is 13.2 Å². The molecule has 1 aromatic carbocycles. The average Bonchev–Trinajstić information content (AvgIpc) is 2.29. The number of hydrogen-bond donors (Lipinski definition) is 1. The Hall–Kier alpha value is -1.96. The molecule has 0 aromatic heterocycles. The van der Waals surface area contributed by atoms with Crippen LogP contribution in [0.3, 0.4) is 0 Å². The Labute approximate surface area is 106 Å². The lowest BCUT2D eigenvalue weighted by atomic mass is 10.3. The summed E-state index contributed by atoms with van der Waals surface area (Å²) in [7, 11) is 1.31. The molecule has 0 heterocycles. The summed E-state index contributed by atoms with van der Waals surface area (Å²) in [6.45, 7) is -0.184. The summed E-state index contributed by atoms with van der Waals surface area (Å²) in [6.07, 6.45) is -6.01. The first-order valence-electron chi connectivity index (χ1n) is 5.06.